The van der Waals surface area contributed by atoms with E-state index in [9.17, 15) is 0 Å². The molecule has 0 saturated carbocycles. The molecule has 1 rings (SSSR count). The van der Waals surface area contributed by atoms with Crippen LogP contribution in [-0.2, 0) is 0 Å². The van der Waals surface area contributed by atoms with Crippen molar-refractivity contribution in [2.75, 3.05) is 18.0 Å². The zero-order chi connectivity index (χ0) is 12.1. The molecule has 1 aromatic rings. The molecule has 0 fully saturated rings. The van der Waals surface area contributed by atoms with E-state index in [1.807, 2.05) is 0 Å². The maximum Gasteiger partial charge on any atom is 0.0395 e. The summed E-state index contributed by atoms with van der Waals surface area (Å²) in [5.74, 6) is 0.513. The van der Waals surface area contributed by atoms with E-state index in [1.165, 1.54) is 11.3 Å². The van der Waals surface area contributed by atoms with Crippen molar-refractivity contribution in [3.05, 3.63) is 29.8 Å². The number of hydrogen-bond donors (Lipinski definition) is 1. The van der Waals surface area contributed by atoms with Crippen molar-refractivity contribution in [1.29, 1.82) is 0 Å². The van der Waals surface area contributed by atoms with Gasteiger partial charge in [-0.25, -0.2) is 0 Å². The number of anilines is 1. The number of nitrogens with zero attached hydrogens (tertiary/aromatic N) is 1. The molecule has 0 aromatic heterocycles. The summed E-state index contributed by atoms with van der Waals surface area (Å²) in [6.45, 7) is 10.7. The highest BCUT2D eigenvalue weighted by Gasteiger charge is 2.13. The van der Waals surface area contributed by atoms with E-state index in [1.54, 1.807) is 0 Å². The molecule has 2 atom stereocenters. The molecule has 90 valence electrons. The Morgan fingerprint density at radius 3 is 2.38 bits per heavy atom. The van der Waals surface area contributed by atoms with Gasteiger partial charge in [-0.1, -0.05) is 25.1 Å². The average molecular weight is 220 g/mol. The van der Waals surface area contributed by atoms with Gasteiger partial charge in [0.05, 0.1) is 0 Å². The van der Waals surface area contributed by atoms with Crippen molar-refractivity contribution in [1.82, 2.24) is 0 Å². The van der Waals surface area contributed by atoms with Gasteiger partial charge in [0.1, 0.15) is 0 Å². The Balaban J connectivity index is 2.79. The highest BCUT2D eigenvalue weighted by Crippen LogP contribution is 2.20. The first-order valence-corrected chi connectivity index (χ1v) is 6.12. The zero-order valence-corrected chi connectivity index (χ0v) is 10.9. The molecule has 0 saturated heterocycles. The molecule has 0 aliphatic carbocycles. The minimum Gasteiger partial charge on any atom is -0.371 e. The second kappa shape index (κ2) is 5.90. The molecule has 16 heavy (non-hydrogen) atoms. The maximum atomic E-state index is 5.93. The first-order valence-electron chi connectivity index (χ1n) is 6.12. The molecule has 1 aromatic carbocycles. The van der Waals surface area contributed by atoms with Crippen LogP contribution in [0.4, 0.5) is 5.69 Å². The van der Waals surface area contributed by atoms with E-state index in [0.29, 0.717) is 5.92 Å². The number of para-hydroxylation sites is 1. The predicted molar refractivity (Wildman–Crippen MR) is 71.9 cm³/mol. The Kier molecular flexibility index (Phi) is 4.81. The monoisotopic (exact) mass is 220 g/mol. The Bertz CT molecular complexity index is 320. The number of aryl methyl sites for hydroxylation is 1. The Morgan fingerprint density at radius 2 is 1.88 bits per heavy atom. The molecular weight excluding hydrogens is 196 g/mol. The summed E-state index contributed by atoms with van der Waals surface area (Å²) in [6, 6.07) is 8.78. The van der Waals surface area contributed by atoms with Crippen LogP contribution in [0.25, 0.3) is 0 Å². The number of nitrogens with two attached hydrogens (primary N) is 1. The molecule has 0 spiro atoms. The summed E-state index contributed by atoms with van der Waals surface area (Å²) in [6.07, 6.45) is 0. The summed E-state index contributed by atoms with van der Waals surface area (Å²) in [5, 5.41) is 0. The molecule has 0 heterocycles. The first-order chi connectivity index (χ1) is 7.56. The minimum atomic E-state index is 0.248. The fourth-order valence-corrected chi connectivity index (χ4v) is 1.83. The first kappa shape index (κ1) is 13.0. The maximum absolute atomic E-state index is 5.93. The SMILES string of the molecule is CCN(CC(C)C(C)N)c1ccccc1C. The van der Waals surface area contributed by atoms with E-state index >= 15 is 0 Å². The lowest BCUT2D eigenvalue weighted by Gasteiger charge is -2.29. The minimum absolute atomic E-state index is 0.248. The lowest BCUT2D eigenvalue weighted by atomic mass is 10.0. The largest absolute Gasteiger partial charge is 0.371 e. The van der Waals surface area contributed by atoms with Gasteiger partial charge in [-0.05, 0) is 38.3 Å². The van der Waals surface area contributed by atoms with Gasteiger partial charge >= 0.3 is 0 Å². The van der Waals surface area contributed by atoms with E-state index in [0.717, 1.165) is 13.1 Å². The smallest absolute Gasteiger partial charge is 0.0395 e. The van der Waals surface area contributed by atoms with Crippen LogP contribution >= 0.6 is 0 Å². The quantitative estimate of drug-likeness (QED) is 0.826. The van der Waals surface area contributed by atoms with Gasteiger partial charge < -0.3 is 10.6 Å². The van der Waals surface area contributed by atoms with Gasteiger partial charge in [0.2, 0.25) is 0 Å². The Hall–Kier alpha value is -1.02. The summed E-state index contributed by atoms with van der Waals surface area (Å²) in [4.78, 5) is 2.41. The van der Waals surface area contributed by atoms with Crippen molar-refractivity contribution in [2.24, 2.45) is 11.7 Å². The van der Waals surface area contributed by atoms with Gasteiger partial charge in [0.15, 0.2) is 0 Å². The van der Waals surface area contributed by atoms with Crippen LogP contribution in [0.15, 0.2) is 24.3 Å². The number of rotatable bonds is 5. The van der Waals surface area contributed by atoms with Crippen LogP contribution in [0, 0.1) is 12.8 Å². The second-order valence-corrected chi connectivity index (χ2v) is 4.66. The van der Waals surface area contributed by atoms with E-state index in [-0.39, 0.29) is 6.04 Å². The summed E-state index contributed by atoms with van der Waals surface area (Å²) < 4.78 is 0. The Labute approximate surface area is 99.5 Å². The van der Waals surface area contributed by atoms with Crippen LogP contribution in [0.3, 0.4) is 0 Å². The third kappa shape index (κ3) is 3.24. The molecule has 0 bridgehead atoms. The molecule has 2 unspecified atom stereocenters. The van der Waals surface area contributed by atoms with E-state index in [4.69, 9.17) is 5.73 Å². The molecule has 2 nitrogen and oxygen atoms in total. The fourth-order valence-electron chi connectivity index (χ4n) is 1.83. The van der Waals surface area contributed by atoms with Crippen molar-refractivity contribution in [2.45, 2.75) is 33.7 Å². The third-order valence-corrected chi connectivity index (χ3v) is 3.24. The third-order valence-electron chi connectivity index (χ3n) is 3.24. The van der Waals surface area contributed by atoms with Gasteiger partial charge in [0, 0.05) is 24.8 Å². The van der Waals surface area contributed by atoms with Crippen LogP contribution < -0.4 is 10.6 Å². The van der Waals surface area contributed by atoms with Crippen LogP contribution in [0.1, 0.15) is 26.3 Å². The van der Waals surface area contributed by atoms with Crippen LogP contribution in [0.2, 0.25) is 0 Å². The van der Waals surface area contributed by atoms with Crippen LogP contribution in [0.5, 0.6) is 0 Å². The van der Waals surface area contributed by atoms with E-state index < -0.39 is 0 Å². The number of hydrogen-bond acceptors (Lipinski definition) is 2. The molecule has 0 aliphatic heterocycles. The summed E-state index contributed by atoms with van der Waals surface area (Å²) >= 11 is 0. The zero-order valence-electron chi connectivity index (χ0n) is 10.9. The summed E-state index contributed by atoms with van der Waals surface area (Å²) in [7, 11) is 0. The lowest BCUT2D eigenvalue weighted by Crippen LogP contribution is -2.36. The Morgan fingerprint density at radius 1 is 1.25 bits per heavy atom. The highest BCUT2D eigenvalue weighted by molar-refractivity contribution is 5.52. The fraction of sp³-hybridized carbons (Fsp3) is 0.571. The molecule has 2 heteroatoms. The molecule has 2 N–H and O–H groups in total. The van der Waals surface area contributed by atoms with Crippen molar-refractivity contribution in [3.63, 3.8) is 0 Å². The molecule has 0 aliphatic rings. The van der Waals surface area contributed by atoms with Gasteiger partial charge in [-0.15, -0.1) is 0 Å². The molecular formula is C14H24N2. The predicted octanol–water partition coefficient (Wildman–Crippen LogP) is 2.80. The van der Waals surface area contributed by atoms with Gasteiger partial charge in [-0.2, -0.15) is 0 Å². The topological polar surface area (TPSA) is 29.3 Å². The molecule has 0 amide bonds. The standard InChI is InChI=1S/C14H24N2/c1-5-16(10-12(3)13(4)15)14-9-7-6-8-11(14)2/h6-9,12-13H,5,10,15H2,1-4H3. The van der Waals surface area contributed by atoms with E-state index in [2.05, 4.69) is 56.9 Å². The van der Waals surface area contributed by atoms with Crippen LogP contribution in [-0.4, -0.2) is 19.1 Å². The lowest BCUT2D eigenvalue weighted by molar-refractivity contribution is 0.478. The normalized spacial score (nSPS) is 14.6. The second-order valence-electron chi connectivity index (χ2n) is 4.66. The van der Waals surface area contributed by atoms with Crippen molar-refractivity contribution < 1.29 is 0 Å². The van der Waals surface area contributed by atoms with Gasteiger partial charge in [0.25, 0.3) is 0 Å². The van der Waals surface area contributed by atoms with Crippen molar-refractivity contribution in [3.8, 4) is 0 Å². The average Bonchev–Trinajstić information content (AvgIpc) is 2.26. The summed E-state index contributed by atoms with van der Waals surface area (Å²) in [5.41, 5.74) is 8.59. The highest BCUT2D eigenvalue weighted by atomic mass is 15.1. The van der Waals surface area contributed by atoms with Crippen molar-refractivity contribution >= 4 is 5.69 Å². The van der Waals surface area contributed by atoms with Gasteiger partial charge in [-0.3, -0.25) is 0 Å². The number of benzene rings is 1. The molecule has 0 radical (unpaired) electrons.